The lowest BCUT2D eigenvalue weighted by molar-refractivity contribution is -0.131. The van der Waals surface area contributed by atoms with E-state index in [1.165, 1.54) is 0 Å². The van der Waals surface area contributed by atoms with Crippen LogP contribution in [0.3, 0.4) is 0 Å². The Kier molecular flexibility index (Phi) is 8.96. The van der Waals surface area contributed by atoms with Crippen LogP contribution in [0.15, 0.2) is 72.8 Å². The van der Waals surface area contributed by atoms with Gasteiger partial charge in [-0.2, -0.15) is 0 Å². The maximum atomic E-state index is 13.7. The summed E-state index contributed by atoms with van der Waals surface area (Å²) in [4.78, 5) is 30.9. The van der Waals surface area contributed by atoms with Gasteiger partial charge in [-0.25, -0.2) is 0 Å². The van der Waals surface area contributed by atoms with Gasteiger partial charge in [0, 0.05) is 38.3 Å². The Labute approximate surface area is 220 Å². The van der Waals surface area contributed by atoms with Gasteiger partial charge in [0.2, 0.25) is 11.8 Å². The van der Waals surface area contributed by atoms with E-state index in [1.54, 1.807) is 7.11 Å². The predicted octanol–water partition coefficient (Wildman–Crippen LogP) is 5.16. The molecule has 6 heteroatoms. The molecule has 0 bridgehead atoms. The van der Waals surface area contributed by atoms with Gasteiger partial charge < -0.3 is 15.0 Å². The van der Waals surface area contributed by atoms with E-state index in [0.717, 1.165) is 46.7 Å². The largest absolute Gasteiger partial charge is 0.497 e. The Morgan fingerprint density at radius 2 is 1.68 bits per heavy atom. The molecule has 0 saturated carbocycles. The molecule has 1 aliphatic heterocycles. The molecular formula is C31H37N3O3. The minimum atomic E-state index is -0.421. The molecule has 1 unspecified atom stereocenters. The topological polar surface area (TPSA) is 61.9 Å². The van der Waals surface area contributed by atoms with E-state index in [9.17, 15) is 9.59 Å². The summed E-state index contributed by atoms with van der Waals surface area (Å²) in [5, 5.41) is 3.18. The molecule has 1 aliphatic rings. The normalized spacial score (nSPS) is 15.1. The third kappa shape index (κ3) is 6.98. The summed E-state index contributed by atoms with van der Waals surface area (Å²) in [5.74, 6) is 0.935. The number of rotatable bonds is 8. The number of ether oxygens (including phenoxy) is 1. The van der Waals surface area contributed by atoms with Gasteiger partial charge in [0.25, 0.3) is 0 Å². The van der Waals surface area contributed by atoms with Crippen molar-refractivity contribution in [1.29, 1.82) is 0 Å². The van der Waals surface area contributed by atoms with E-state index in [1.807, 2.05) is 85.5 Å². The van der Waals surface area contributed by atoms with E-state index in [0.29, 0.717) is 32.5 Å². The highest BCUT2D eigenvalue weighted by molar-refractivity contribution is 5.96. The van der Waals surface area contributed by atoms with Crippen molar-refractivity contribution in [3.8, 4) is 5.75 Å². The molecule has 194 valence electrons. The molecule has 1 fully saturated rings. The number of carbonyl (C=O) groups excluding carboxylic acids is 2. The molecule has 37 heavy (non-hydrogen) atoms. The zero-order valence-corrected chi connectivity index (χ0v) is 22.1. The minimum Gasteiger partial charge on any atom is -0.497 e. The smallest absolute Gasteiger partial charge is 0.246 e. The van der Waals surface area contributed by atoms with Gasteiger partial charge >= 0.3 is 0 Å². The highest BCUT2D eigenvalue weighted by Gasteiger charge is 2.30. The highest BCUT2D eigenvalue weighted by Crippen LogP contribution is 2.26. The molecular weight excluding hydrogens is 462 g/mol. The molecule has 1 N–H and O–H groups in total. The summed E-state index contributed by atoms with van der Waals surface area (Å²) in [6.45, 7) is 6.75. The lowest BCUT2D eigenvalue weighted by Crippen LogP contribution is -2.40. The highest BCUT2D eigenvalue weighted by atomic mass is 16.5. The van der Waals surface area contributed by atoms with Crippen molar-refractivity contribution >= 4 is 17.5 Å². The van der Waals surface area contributed by atoms with Crippen LogP contribution in [-0.2, 0) is 16.0 Å². The fourth-order valence-corrected chi connectivity index (χ4v) is 4.88. The van der Waals surface area contributed by atoms with E-state index in [2.05, 4.69) is 16.3 Å². The molecule has 3 aromatic rings. The van der Waals surface area contributed by atoms with Gasteiger partial charge in [0.1, 0.15) is 11.8 Å². The third-order valence-corrected chi connectivity index (χ3v) is 7.05. The Hall–Kier alpha value is -3.64. The number of nitrogens with zero attached hydrogens (tertiary/aromatic N) is 2. The number of anilines is 1. The van der Waals surface area contributed by atoms with Crippen LogP contribution in [0.5, 0.6) is 5.75 Å². The third-order valence-electron chi connectivity index (χ3n) is 7.05. The fourth-order valence-electron chi connectivity index (χ4n) is 4.88. The first kappa shape index (κ1) is 26.4. The van der Waals surface area contributed by atoms with E-state index in [4.69, 9.17) is 4.74 Å². The van der Waals surface area contributed by atoms with Crippen LogP contribution in [0.2, 0.25) is 0 Å². The SMILES string of the molecule is COc1ccc(CCC(=O)N2CCCN(C(C(=O)Nc3cc(C)ccc3C)c3ccccc3)CC2)cc1. The Balaban J connectivity index is 1.43. The number of carbonyl (C=O) groups is 2. The van der Waals surface area contributed by atoms with Crippen LogP contribution >= 0.6 is 0 Å². The quantitative estimate of drug-likeness (QED) is 0.465. The monoisotopic (exact) mass is 499 g/mol. The van der Waals surface area contributed by atoms with Crippen molar-refractivity contribution in [2.24, 2.45) is 0 Å². The van der Waals surface area contributed by atoms with Crippen LogP contribution in [0.25, 0.3) is 0 Å². The molecule has 1 saturated heterocycles. The number of nitrogens with one attached hydrogen (secondary N) is 1. The van der Waals surface area contributed by atoms with Gasteiger partial charge in [-0.05, 0) is 67.1 Å². The lowest BCUT2D eigenvalue weighted by atomic mass is 10.0. The van der Waals surface area contributed by atoms with Gasteiger partial charge in [0.15, 0.2) is 0 Å². The fraction of sp³-hybridized carbons (Fsp3) is 0.355. The van der Waals surface area contributed by atoms with E-state index < -0.39 is 6.04 Å². The molecule has 3 aromatic carbocycles. The summed E-state index contributed by atoms with van der Waals surface area (Å²) in [6.07, 6.45) is 2.00. The zero-order chi connectivity index (χ0) is 26.2. The van der Waals surface area contributed by atoms with Crippen LogP contribution in [-0.4, -0.2) is 54.9 Å². The second-order valence-corrected chi connectivity index (χ2v) is 9.74. The molecule has 0 aromatic heterocycles. The first-order valence-corrected chi connectivity index (χ1v) is 13.0. The maximum Gasteiger partial charge on any atom is 0.246 e. The molecule has 0 aliphatic carbocycles. The average molecular weight is 500 g/mol. The predicted molar refractivity (Wildman–Crippen MR) is 148 cm³/mol. The van der Waals surface area contributed by atoms with Crippen LogP contribution < -0.4 is 10.1 Å². The number of aryl methyl sites for hydroxylation is 3. The first-order chi connectivity index (χ1) is 17.9. The number of hydrogen-bond donors (Lipinski definition) is 1. The summed E-state index contributed by atoms with van der Waals surface area (Å²) in [6, 6.07) is 23.5. The molecule has 6 nitrogen and oxygen atoms in total. The van der Waals surface area contributed by atoms with E-state index >= 15 is 0 Å². The number of methoxy groups -OCH3 is 1. The maximum absolute atomic E-state index is 13.7. The summed E-state index contributed by atoms with van der Waals surface area (Å²) >= 11 is 0. The van der Waals surface area contributed by atoms with Crippen molar-refractivity contribution in [3.05, 3.63) is 95.1 Å². The average Bonchev–Trinajstić information content (AvgIpc) is 3.17. The van der Waals surface area contributed by atoms with Gasteiger partial charge in [-0.1, -0.05) is 54.6 Å². The van der Waals surface area contributed by atoms with Crippen molar-refractivity contribution in [2.75, 3.05) is 38.6 Å². The van der Waals surface area contributed by atoms with Crippen LogP contribution in [0, 0.1) is 13.8 Å². The van der Waals surface area contributed by atoms with E-state index in [-0.39, 0.29) is 11.8 Å². The molecule has 0 spiro atoms. The van der Waals surface area contributed by atoms with Gasteiger partial charge in [0.05, 0.1) is 7.11 Å². The lowest BCUT2D eigenvalue weighted by Gasteiger charge is -2.30. The van der Waals surface area contributed by atoms with Crippen molar-refractivity contribution in [3.63, 3.8) is 0 Å². The Bertz CT molecular complexity index is 1190. The molecule has 4 rings (SSSR count). The standard InChI is InChI=1S/C31H37N3O3/c1-23-10-11-24(2)28(22-23)32-31(36)30(26-8-5-4-6-9-26)34-19-7-18-33(20-21-34)29(35)17-14-25-12-15-27(37-3)16-13-25/h4-6,8-13,15-16,22,30H,7,14,17-21H2,1-3H3,(H,32,36). The van der Waals surface area contributed by atoms with Crippen molar-refractivity contribution < 1.29 is 14.3 Å². The molecule has 1 atom stereocenters. The zero-order valence-electron chi connectivity index (χ0n) is 22.1. The molecule has 2 amide bonds. The molecule has 1 heterocycles. The second-order valence-electron chi connectivity index (χ2n) is 9.74. The first-order valence-electron chi connectivity index (χ1n) is 13.0. The van der Waals surface area contributed by atoms with Gasteiger partial charge in [-0.15, -0.1) is 0 Å². The molecule has 0 radical (unpaired) electrons. The minimum absolute atomic E-state index is 0.0424. The second kappa shape index (κ2) is 12.5. The Morgan fingerprint density at radius 3 is 2.41 bits per heavy atom. The number of benzene rings is 3. The van der Waals surface area contributed by atoms with Crippen LogP contribution in [0.4, 0.5) is 5.69 Å². The number of hydrogen-bond acceptors (Lipinski definition) is 4. The summed E-state index contributed by atoms with van der Waals surface area (Å²) in [7, 11) is 1.65. The Morgan fingerprint density at radius 1 is 0.919 bits per heavy atom. The number of amides is 2. The van der Waals surface area contributed by atoms with Gasteiger partial charge in [-0.3, -0.25) is 14.5 Å². The summed E-state index contributed by atoms with van der Waals surface area (Å²) in [5.41, 5.74) is 5.07. The summed E-state index contributed by atoms with van der Waals surface area (Å²) < 4.78 is 5.22. The van der Waals surface area contributed by atoms with Crippen molar-refractivity contribution in [2.45, 2.75) is 39.2 Å². The van der Waals surface area contributed by atoms with Crippen LogP contribution in [0.1, 0.15) is 41.1 Å². The van der Waals surface area contributed by atoms with Crippen molar-refractivity contribution in [1.82, 2.24) is 9.80 Å².